The summed E-state index contributed by atoms with van der Waals surface area (Å²) < 4.78 is 26.1. The molecule has 2 aliphatic rings. The zero-order chi connectivity index (χ0) is 25.6. The number of hydrogen-bond donors (Lipinski definition) is 3. The van der Waals surface area contributed by atoms with Gasteiger partial charge in [0.2, 0.25) is 0 Å². The van der Waals surface area contributed by atoms with E-state index in [4.69, 9.17) is 18.9 Å². The third kappa shape index (κ3) is 4.43. The topological polar surface area (TPSA) is 120 Å². The molecular weight excluding hydrogens is 532 g/mol. The molecule has 194 valence electrons. The van der Waals surface area contributed by atoms with Crippen LogP contribution in [0.3, 0.4) is 0 Å². The van der Waals surface area contributed by atoms with Gasteiger partial charge in [0.25, 0.3) is 0 Å². The minimum atomic E-state index is -0.892. The molecule has 3 heterocycles. The van der Waals surface area contributed by atoms with Gasteiger partial charge in [-0.1, -0.05) is 0 Å². The molecule has 0 amide bonds. The number of nitrogens with one attached hydrogen (secondary N) is 1. The van der Waals surface area contributed by atoms with E-state index in [0.29, 0.717) is 18.8 Å². The lowest BCUT2D eigenvalue weighted by molar-refractivity contribution is -0.165. The number of ether oxygens (including phenoxy) is 4. The number of fused-ring (bicyclic) bond motifs is 2. The van der Waals surface area contributed by atoms with Crippen molar-refractivity contribution < 1.29 is 29.2 Å². The summed E-state index contributed by atoms with van der Waals surface area (Å²) in [6.45, 7) is 3.89. The summed E-state index contributed by atoms with van der Waals surface area (Å²) in [6, 6.07) is 5.55. The summed E-state index contributed by atoms with van der Waals surface area (Å²) in [5.41, 5.74) is 1.69. The van der Waals surface area contributed by atoms with E-state index in [1.807, 2.05) is 38.2 Å². The molecule has 1 saturated heterocycles. The van der Waals surface area contributed by atoms with Crippen molar-refractivity contribution in [1.82, 2.24) is 14.5 Å². The summed E-state index contributed by atoms with van der Waals surface area (Å²) in [5.74, 6) is 1.08. The molecule has 10 nitrogen and oxygen atoms in total. The Morgan fingerprint density at radius 2 is 2.00 bits per heavy atom. The van der Waals surface area contributed by atoms with Gasteiger partial charge in [-0.15, -0.1) is 0 Å². The number of aromatic nitrogens is 3. The number of hydrogen-bond acceptors (Lipinski definition) is 9. The largest absolute Gasteiger partial charge is 0.497 e. The molecule has 5 rings (SSSR count). The first-order valence-corrected chi connectivity index (χ1v) is 12.7. The molecule has 3 aromatic rings. The van der Waals surface area contributed by atoms with Crippen molar-refractivity contribution in [1.29, 1.82) is 0 Å². The molecule has 11 heteroatoms. The second kappa shape index (κ2) is 9.79. The summed E-state index contributed by atoms with van der Waals surface area (Å²) in [6.07, 6.45) is 2.58. The second-order valence-electron chi connectivity index (χ2n) is 9.62. The number of anilines is 1. The fraction of sp³-hybridized carbons (Fsp3) is 0.520. The van der Waals surface area contributed by atoms with Crippen LogP contribution in [-0.2, 0) is 16.0 Å². The van der Waals surface area contributed by atoms with Gasteiger partial charge in [0, 0.05) is 34.8 Å². The fourth-order valence-corrected chi connectivity index (χ4v) is 5.97. The van der Waals surface area contributed by atoms with E-state index in [2.05, 4.69) is 35.8 Å². The highest BCUT2D eigenvalue weighted by Gasteiger charge is 2.56. The van der Waals surface area contributed by atoms with E-state index in [9.17, 15) is 10.2 Å². The lowest BCUT2D eigenvalue weighted by atomic mass is 9.98. The molecule has 0 radical (unpaired) electrons. The van der Waals surface area contributed by atoms with Crippen molar-refractivity contribution in [2.45, 2.75) is 57.0 Å². The number of nitrogens with zero attached hydrogens (tertiary/aromatic N) is 3. The van der Waals surface area contributed by atoms with Crippen LogP contribution in [0.5, 0.6) is 11.5 Å². The maximum atomic E-state index is 10.5. The Morgan fingerprint density at radius 1 is 1.22 bits per heavy atom. The van der Waals surface area contributed by atoms with Crippen molar-refractivity contribution in [3.05, 3.63) is 40.8 Å². The molecule has 1 saturated carbocycles. The van der Waals surface area contributed by atoms with Crippen molar-refractivity contribution in [2.24, 2.45) is 5.92 Å². The van der Waals surface area contributed by atoms with Crippen LogP contribution in [0.25, 0.3) is 11.0 Å². The molecule has 1 aliphatic heterocycles. The number of benzene rings is 1. The van der Waals surface area contributed by atoms with Crippen LogP contribution in [0.2, 0.25) is 0 Å². The van der Waals surface area contributed by atoms with E-state index in [1.54, 1.807) is 14.2 Å². The predicted octanol–water partition coefficient (Wildman–Crippen LogP) is 3.26. The molecule has 36 heavy (non-hydrogen) atoms. The Balaban J connectivity index is 1.46. The molecule has 5 atom stereocenters. The Labute approximate surface area is 217 Å². The third-order valence-corrected chi connectivity index (χ3v) is 7.62. The van der Waals surface area contributed by atoms with Gasteiger partial charge >= 0.3 is 0 Å². The van der Waals surface area contributed by atoms with E-state index in [1.165, 1.54) is 6.33 Å². The van der Waals surface area contributed by atoms with Crippen LogP contribution in [0.4, 0.5) is 5.82 Å². The van der Waals surface area contributed by atoms with Gasteiger partial charge in [0.1, 0.15) is 35.4 Å². The van der Waals surface area contributed by atoms with Crippen LogP contribution in [-0.4, -0.2) is 69.7 Å². The third-order valence-electron chi connectivity index (χ3n) is 7.02. The van der Waals surface area contributed by atoms with Crippen molar-refractivity contribution in [3.63, 3.8) is 0 Å². The van der Waals surface area contributed by atoms with Crippen LogP contribution in [0, 0.1) is 5.92 Å². The van der Waals surface area contributed by atoms with Gasteiger partial charge in [0.15, 0.2) is 5.79 Å². The highest BCUT2D eigenvalue weighted by atomic mass is 79.9. The minimum Gasteiger partial charge on any atom is -0.497 e. The Hall–Kier alpha value is -2.44. The summed E-state index contributed by atoms with van der Waals surface area (Å²) in [7, 11) is 3.25. The van der Waals surface area contributed by atoms with Crippen molar-refractivity contribution in [3.8, 4) is 11.5 Å². The van der Waals surface area contributed by atoms with Crippen molar-refractivity contribution in [2.75, 3.05) is 26.1 Å². The Morgan fingerprint density at radius 3 is 2.72 bits per heavy atom. The highest BCUT2D eigenvalue weighted by Crippen LogP contribution is 2.49. The first kappa shape index (κ1) is 25.2. The second-order valence-corrected chi connectivity index (χ2v) is 10.5. The molecule has 2 aromatic heterocycles. The maximum Gasteiger partial charge on any atom is 0.163 e. The monoisotopic (exact) mass is 562 g/mol. The molecular formula is C25H31BrN4O6. The molecule has 1 unspecified atom stereocenters. The van der Waals surface area contributed by atoms with Gasteiger partial charge in [-0.25, -0.2) is 9.97 Å². The lowest BCUT2D eigenvalue weighted by Gasteiger charge is -2.25. The van der Waals surface area contributed by atoms with Crippen molar-refractivity contribution >= 4 is 32.8 Å². The predicted molar refractivity (Wildman–Crippen MR) is 136 cm³/mol. The first-order chi connectivity index (χ1) is 17.3. The quantitative estimate of drug-likeness (QED) is 0.380. The summed E-state index contributed by atoms with van der Waals surface area (Å²) in [4.78, 5) is 9.09. The van der Waals surface area contributed by atoms with Gasteiger partial charge < -0.3 is 39.0 Å². The molecule has 2 fully saturated rings. The number of rotatable bonds is 8. The average molecular weight is 563 g/mol. The van der Waals surface area contributed by atoms with E-state index < -0.39 is 11.9 Å². The summed E-state index contributed by atoms with van der Waals surface area (Å²) >= 11 is 3.70. The van der Waals surface area contributed by atoms with Gasteiger partial charge in [-0.05, 0) is 48.3 Å². The normalized spacial score (nSPS) is 25.6. The standard InChI is InChI=1S/C25H31BrN4O6/c1-25(2)35-21-15(18(32)11-31)8-17(22(21)36-25)30-10-16(26)20-23(28-12-29-24(20)30)27-9-13-5-6-14(33-3)7-19(13)34-4/h5-7,10,12,15,17-18,21-22,31-32H,8-9,11H2,1-4H3,(H,27,28,29)/t15-,17-,18?,21-,22+/m1/s1. The number of halogens is 1. The fourth-order valence-electron chi connectivity index (χ4n) is 5.38. The first-order valence-electron chi connectivity index (χ1n) is 11.9. The minimum absolute atomic E-state index is 0.138. The van der Waals surface area contributed by atoms with Crippen LogP contribution >= 0.6 is 15.9 Å². The maximum absolute atomic E-state index is 10.5. The van der Waals surface area contributed by atoms with E-state index in [0.717, 1.165) is 32.6 Å². The number of methoxy groups -OCH3 is 2. The molecule has 1 aliphatic carbocycles. The Kier molecular flexibility index (Phi) is 6.86. The molecule has 0 spiro atoms. The molecule has 0 bridgehead atoms. The number of aliphatic hydroxyl groups is 2. The molecule has 1 aromatic carbocycles. The van der Waals surface area contributed by atoms with Crippen LogP contribution in [0.1, 0.15) is 31.9 Å². The van der Waals surface area contributed by atoms with Gasteiger partial charge in [0.05, 0.1) is 44.5 Å². The van der Waals surface area contributed by atoms with Gasteiger partial charge in [-0.2, -0.15) is 0 Å². The number of aliphatic hydroxyl groups excluding tert-OH is 2. The van der Waals surface area contributed by atoms with Crippen LogP contribution < -0.4 is 14.8 Å². The average Bonchev–Trinajstić information content (AvgIpc) is 3.50. The lowest BCUT2D eigenvalue weighted by Crippen LogP contribution is -2.34. The highest BCUT2D eigenvalue weighted by molar-refractivity contribution is 9.10. The molecule has 3 N–H and O–H groups in total. The Bertz CT molecular complexity index is 1250. The van der Waals surface area contributed by atoms with E-state index >= 15 is 0 Å². The zero-order valence-corrected chi connectivity index (χ0v) is 22.2. The SMILES string of the molecule is COc1ccc(CNc2ncnc3c2c(Br)cn3[C@@H]2C[C@H](C(O)CO)[C@H]3OC(C)(C)O[C@H]32)c(OC)c1. The summed E-state index contributed by atoms with van der Waals surface area (Å²) in [5, 5.41) is 24.4. The van der Waals surface area contributed by atoms with Crippen LogP contribution in [0.15, 0.2) is 35.2 Å². The zero-order valence-electron chi connectivity index (χ0n) is 20.6. The van der Waals surface area contributed by atoms with Gasteiger partial charge in [-0.3, -0.25) is 0 Å². The smallest absolute Gasteiger partial charge is 0.163 e. The van der Waals surface area contributed by atoms with E-state index in [-0.39, 0.29) is 30.8 Å².